The number of hydrogen-bond donors (Lipinski definition) is 2. The van der Waals surface area contributed by atoms with Gasteiger partial charge in [-0.15, -0.1) is 10.2 Å². The fourth-order valence-electron chi connectivity index (χ4n) is 2.14. The summed E-state index contributed by atoms with van der Waals surface area (Å²) in [5, 5.41) is 13.8. The Morgan fingerprint density at radius 1 is 1.00 bits per heavy atom. The van der Waals surface area contributed by atoms with Crippen molar-refractivity contribution in [3.8, 4) is 11.5 Å². The van der Waals surface area contributed by atoms with Crippen LogP contribution in [0.1, 0.15) is 6.92 Å². The summed E-state index contributed by atoms with van der Waals surface area (Å²) >= 11 is 3.37. The van der Waals surface area contributed by atoms with E-state index in [9.17, 15) is 9.59 Å². The fraction of sp³-hybridized carbons (Fsp3) is 0.111. The van der Waals surface area contributed by atoms with Crippen molar-refractivity contribution in [3.05, 3.63) is 52.1 Å². The SMILES string of the molecule is CC(=O)Nc1ccc(-c2nnc(SCC(=O)Nc3ccc(I)cc3)o2)cc1. The second-order valence-corrected chi connectivity index (χ2v) is 7.65. The summed E-state index contributed by atoms with van der Waals surface area (Å²) in [4.78, 5) is 23.1. The van der Waals surface area contributed by atoms with Gasteiger partial charge in [0.15, 0.2) is 0 Å². The fourth-order valence-corrected chi connectivity index (χ4v) is 3.06. The van der Waals surface area contributed by atoms with Crippen LogP contribution in [0.25, 0.3) is 11.5 Å². The summed E-state index contributed by atoms with van der Waals surface area (Å²) in [6.07, 6.45) is 0. The molecule has 3 aromatic rings. The maximum absolute atomic E-state index is 12.0. The third-order valence-corrected chi connectivity index (χ3v) is 4.85. The molecule has 0 atom stereocenters. The molecule has 0 saturated carbocycles. The Morgan fingerprint density at radius 2 is 1.63 bits per heavy atom. The quantitative estimate of drug-likeness (QED) is 0.397. The van der Waals surface area contributed by atoms with Gasteiger partial charge in [-0.25, -0.2) is 0 Å². The first-order chi connectivity index (χ1) is 13.0. The Kier molecular flexibility index (Phi) is 6.45. The third-order valence-electron chi connectivity index (χ3n) is 3.31. The molecule has 0 saturated heterocycles. The van der Waals surface area contributed by atoms with Gasteiger partial charge in [-0.3, -0.25) is 9.59 Å². The van der Waals surface area contributed by atoms with E-state index in [4.69, 9.17) is 4.42 Å². The topological polar surface area (TPSA) is 97.1 Å². The number of carbonyl (C=O) groups is 2. The molecule has 9 heteroatoms. The molecule has 2 N–H and O–H groups in total. The Balaban J connectivity index is 1.55. The highest BCUT2D eigenvalue weighted by atomic mass is 127. The van der Waals surface area contributed by atoms with Crippen molar-refractivity contribution in [2.45, 2.75) is 12.1 Å². The van der Waals surface area contributed by atoms with Gasteiger partial charge in [-0.05, 0) is 71.1 Å². The molecule has 0 aliphatic rings. The van der Waals surface area contributed by atoms with E-state index in [2.05, 4.69) is 43.4 Å². The average Bonchev–Trinajstić information content (AvgIpc) is 3.11. The first-order valence-corrected chi connectivity index (χ1v) is 9.96. The molecule has 7 nitrogen and oxygen atoms in total. The van der Waals surface area contributed by atoms with Gasteiger partial charge in [0.2, 0.25) is 17.7 Å². The van der Waals surface area contributed by atoms with Crippen LogP contribution in [-0.2, 0) is 9.59 Å². The molecular weight excluding hydrogens is 479 g/mol. The van der Waals surface area contributed by atoms with Gasteiger partial charge >= 0.3 is 0 Å². The minimum atomic E-state index is -0.152. The second kappa shape index (κ2) is 9.00. The van der Waals surface area contributed by atoms with Crippen LogP contribution in [0.15, 0.2) is 58.2 Å². The first kappa shape index (κ1) is 19.4. The van der Waals surface area contributed by atoms with E-state index >= 15 is 0 Å². The molecule has 138 valence electrons. The van der Waals surface area contributed by atoms with Crippen molar-refractivity contribution in [1.29, 1.82) is 0 Å². The molecule has 0 spiro atoms. The standard InChI is InChI=1S/C18H15IN4O3S/c1-11(24)20-14-6-2-12(3-7-14)17-22-23-18(26-17)27-10-16(25)21-15-8-4-13(19)5-9-15/h2-9H,10H2,1H3,(H,20,24)(H,21,25). The van der Waals surface area contributed by atoms with E-state index in [1.807, 2.05) is 24.3 Å². The van der Waals surface area contributed by atoms with Crippen LogP contribution in [0.2, 0.25) is 0 Å². The smallest absolute Gasteiger partial charge is 0.277 e. The number of carbonyl (C=O) groups excluding carboxylic acids is 2. The lowest BCUT2D eigenvalue weighted by atomic mass is 10.2. The van der Waals surface area contributed by atoms with Gasteiger partial charge in [0, 0.05) is 27.4 Å². The molecule has 1 aromatic heterocycles. The van der Waals surface area contributed by atoms with Crippen molar-refractivity contribution in [3.63, 3.8) is 0 Å². The largest absolute Gasteiger partial charge is 0.411 e. The van der Waals surface area contributed by atoms with Gasteiger partial charge in [-0.2, -0.15) is 0 Å². The zero-order chi connectivity index (χ0) is 19.2. The monoisotopic (exact) mass is 494 g/mol. The third kappa shape index (κ3) is 5.79. The number of nitrogens with one attached hydrogen (secondary N) is 2. The Hall–Kier alpha value is -2.40. The Labute approximate surface area is 173 Å². The summed E-state index contributed by atoms with van der Waals surface area (Å²) in [7, 11) is 0. The van der Waals surface area contributed by atoms with Crippen LogP contribution >= 0.6 is 34.4 Å². The maximum Gasteiger partial charge on any atom is 0.277 e. The van der Waals surface area contributed by atoms with Crippen LogP contribution in [0.4, 0.5) is 11.4 Å². The summed E-state index contributed by atoms with van der Waals surface area (Å²) < 4.78 is 6.68. The number of nitrogens with zero attached hydrogens (tertiary/aromatic N) is 2. The summed E-state index contributed by atoms with van der Waals surface area (Å²) in [6, 6.07) is 14.6. The van der Waals surface area contributed by atoms with Crippen molar-refractivity contribution < 1.29 is 14.0 Å². The number of benzene rings is 2. The van der Waals surface area contributed by atoms with Gasteiger partial charge in [0.1, 0.15) is 0 Å². The maximum atomic E-state index is 12.0. The highest BCUT2D eigenvalue weighted by Crippen LogP contribution is 2.24. The van der Waals surface area contributed by atoms with E-state index in [1.165, 1.54) is 18.7 Å². The predicted molar refractivity (Wildman–Crippen MR) is 113 cm³/mol. The van der Waals surface area contributed by atoms with E-state index in [0.717, 1.165) is 14.8 Å². The van der Waals surface area contributed by atoms with E-state index < -0.39 is 0 Å². The number of thioether (sulfide) groups is 1. The zero-order valence-corrected chi connectivity index (χ0v) is 17.2. The van der Waals surface area contributed by atoms with Gasteiger partial charge in [-0.1, -0.05) is 11.8 Å². The first-order valence-electron chi connectivity index (χ1n) is 7.89. The molecule has 2 aromatic carbocycles. The Bertz CT molecular complexity index is 942. The normalized spacial score (nSPS) is 10.4. The molecule has 0 bridgehead atoms. The van der Waals surface area contributed by atoms with Crippen LogP contribution in [-0.4, -0.2) is 27.8 Å². The van der Waals surface area contributed by atoms with Gasteiger partial charge in [0.05, 0.1) is 5.75 Å². The summed E-state index contributed by atoms with van der Waals surface area (Å²) in [5.74, 6) is 0.225. The average molecular weight is 494 g/mol. The van der Waals surface area contributed by atoms with E-state index in [-0.39, 0.29) is 17.6 Å². The van der Waals surface area contributed by atoms with Gasteiger partial charge < -0.3 is 15.1 Å². The lowest BCUT2D eigenvalue weighted by Crippen LogP contribution is -2.13. The molecule has 3 rings (SSSR count). The van der Waals surface area contributed by atoms with Crippen LogP contribution in [0.3, 0.4) is 0 Å². The highest BCUT2D eigenvalue weighted by Gasteiger charge is 2.11. The molecule has 27 heavy (non-hydrogen) atoms. The molecular formula is C18H15IN4O3S. The molecule has 0 radical (unpaired) electrons. The van der Waals surface area contributed by atoms with Crippen molar-refractivity contribution in [2.75, 3.05) is 16.4 Å². The minimum absolute atomic E-state index is 0.136. The van der Waals surface area contributed by atoms with Crippen molar-refractivity contribution >= 4 is 57.5 Å². The Morgan fingerprint density at radius 3 is 2.30 bits per heavy atom. The molecule has 0 unspecified atom stereocenters. The van der Waals surface area contributed by atoms with Crippen LogP contribution in [0, 0.1) is 3.57 Å². The molecule has 0 aliphatic heterocycles. The number of aromatic nitrogens is 2. The van der Waals surface area contributed by atoms with Crippen molar-refractivity contribution in [1.82, 2.24) is 10.2 Å². The summed E-state index contributed by atoms with van der Waals surface area (Å²) in [6.45, 7) is 1.45. The minimum Gasteiger partial charge on any atom is -0.411 e. The molecule has 2 amide bonds. The van der Waals surface area contributed by atoms with E-state index in [0.29, 0.717) is 16.8 Å². The number of halogens is 1. The lowest BCUT2D eigenvalue weighted by molar-refractivity contribution is -0.114. The molecule has 0 aliphatic carbocycles. The second-order valence-electron chi connectivity index (χ2n) is 5.48. The number of anilines is 2. The van der Waals surface area contributed by atoms with Crippen molar-refractivity contribution in [2.24, 2.45) is 0 Å². The number of rotatable bonds is 6. The van der Waals surface area contributed by atoms with Crippen LogP contribution < -0.4 is 10.6 Å². The highest BCUT2D eigenvalue weighted by molar-refractivity contribution is 14.1. The van der Waals surface area contributed by atoms with E-state index in [1.54, 1.807) is 24.3 Å². The van der Waals surface area contributed by atoms with Gasteiger partial charge in [0.25, 0.3) is 5.22 Å². The summed E-state index contributed by atoms with van der Waals surface area (Å²) in [5.41, 5.74) is 2.16. The number of amides is 2. The number of hydrogen-bond acceptors (Lipinski definition) is 6. The predicted octanol–water partition coefficient (Wildman–Crippen LogP) is 4.03. The zero-order valence-electron chi connectivity index (χ0n) is 14.2. The van der Waals surface area contributed by atoms with Crippen LogP contribution in [0.5, 0.6) is 0 Å². The lowest BCUT2D eigenvalue weighted by Gasteiger charge is -2.03. The molecule has 0 fully saturated rings. The molecule has 1 heterocycles.